The predicted octanol–water partition coefficient (Wildman–Crippen LogP) is 2.84. The largest absolute Gasteiger partial charge is 0.312 e. The third-order valence-electron chi connectivity index (χ3n) is 3.45. The molecule has 1 saturated heterocycles. The molecule has 17 heavy (non-hydrogen) atoms. The van der Waals surface area contributed by atoms with Gasteiger partial charge >= 0.3 is 0 Å². The van der Waals surface area contributed by atoms with Crippen molar-refractivity contribution in [1.82, 2.24) is 10.2 Å². The van der Waals surface area contributed by atoms with Crippen molar-refractivity contribution in [2.75, 3.05) is 38.2 Å². The number of rotatable bonds is 6. The SMILES string of the molecule is CSCCCN1CCC(CNC(C)(C)C)CC1. The first-order chi connectivity index (χ1) is 8.01. The highest BCUT2D eigenvalue weighted by Gasteiger charge is 2.20. The van der Waals surface area contributed by atoms with Gasteiger partial charge in [0.2, 0.25) is 0 Å². The molecule has 0 saturated carbocycles. The molecule has 1 aliphatic rings. The van der Waals surface area contributed by atoms with E-state index in [1.54, 1.807) is 0 Å². The van der Waals surface area contributed by atoms with Crippen LogP contribution in [0.25, 0.3) is 0 Å². The van der Waals surface area contributed by atoms with Gasteiger partial charge in [-0.3, -0.25) is 0 Å². The van der Waals surface area contributed by atoms with E-state index >= 15 is 0 Å². The van der Waals surface area contributed by atoms with Gasteiger partial charge in [0.15, 0.2) is 0 Å². The molecular weight excluding hydrogens is 228 g/mol. The van der Waals surface area contributed by atoms with Crippen LogP contribution in [-0.4, -0.2) is 48.6 Å². The van der Waals surface area contributed by atoms with Gasteiger partial charge in [0.25, 0.3) is 0 Å². The molecular formula is C14H30N2S. The molecule has 1 aliphatic heterocycles. The van der Waals surface area contributed by atoms with E-state index in [1.165, 1.54) is 51.2 Å². The maximum atomic E-state index is 3.64. The Hall–Kier alpha value is 0.270. The zero-order valence-corrected chi connectivity index (χ0v) is 12.9. The highest BCUT2D eigenvalue weighted by molar-refractivity contribution is 7.98. The van der Waals surface area contributed by atoms with Crippen molar-refractivity contribution in [2.24, 2.45) is 5.92 Å². The standard InChI is InChI=1S/C14H30N2S/c1-14(2,3)15-12-13-6-9-16(10-7-13)8-5-11-17-4/h13,15H,5-12H2,1-4H3. The summed E-state index contributed by atoms with van der Waals surface area (Å²) in [5.41, 5.74) is 0.273. The van der Waals surface area contributed by atoms with Gasteiger partial charge in [-0.25, -0.2) is 0 Å². The summed E-state index contributed by atoms with van der Waals surface area (Å²) in [6.07, 6.45) is 6.31. The van der Waals surface area contributed by atoms with Crippen molar-refractivity contribution in [3.63, 3.8) is 0 Å². The number of thioether (sulfide) groups is 1. The molecule has 1 heterocycles. The lowest BCUT2D eigenvalue weighted by molar-refractivity contribution is 0.177. The number of likely N-dealkylation sites (tertiary alicyclic amines) is 1. The van der Waals surface area contributed by atoms with E-state index < -0.39 is 0 Å². The van der Waals surface area contributed by atoms with Crippen LogP contribution in [0.15, 0.2) is 0 Å². The molecule has 0 bridgehead atoms. The Morgan fingerprint density at radius 1 is 1.24 bits per heavy atom. The first kappa shape index (κ1) is 15.3. The molecule has 2 nitrogen and oxygen atoms in total. The minimum atomic E-state index is 0.273. The van der Waals surface area contributed by atoms with E-state index in [1.807, 2.05) is 11.8 Å². The fourth-order valence-electron chi connectivity index (χ4n) is 2.30. The summed E-state index contributed by atoms with van der Waals surface area (Å²) >= 11 is 1.96. The van der Waals surface area contributed by atoms with Crippen molar-refractivity contribution >= 4 is 11.8 Å². The number of hydrogen-bond donors (Lipinski definition) is 1. The molecule has 0 aromatic rings. The Labute approximate surface area is 112 Å². The van der Waals surface area contributed by atoms with Crippen molar-refractivity contribution in [2.45, 2.75) is 45.6 Å². The normalized spacial score (nSPS) is 19.8. The van der Waals surface area contributed by atoms with Crippen LogP contribution < -0.4 is 5.32 Å². The van der Waals surface area contributed by atoms with Gasteiger partial charge in [0.1, 0.15) is 0 Å². The Morgan fingerprint density at radius 2 is 1.88 bits per heavy atom. The monoisotopic (exact) mass is 258 g/mol. The smallest absolute Gasteiger partial charge is 0.00966 e. The molecule has 1 rings (SSSR count). The summed E-state index contributed by atoms with van der Waals surface area (Å²) in [5, 5.41) is 3.64. The van der Waals surface area contributed by atoms with Gasteiger partial charge in [-0.05, 0) is 84.1 Å². The van der Waals surface area contributed by atoms with E-state index in [0.717, 1.165) is 5.92 Å². The zero-order valence-electron chi connectivity index (χ0n) is 12.1. The fraction of sp³-hybridized carbons (Fsp3) is 1.00. The Kier molecular flexibility index (Phi) is 6.90. The molecule has 3 heteroatoms. The van der Waals surface area contributed by atoms with Crippen molar-refractivity contribution < 1.29 is 0 Å². The summed E-state index contributed by atoms with van der Waals surface area (Å²) in [7, 11) is 0. The van der Waals surface area contributed by atoms with Gasteiger partial charge in [0.05, 0.1) is 0 Å². The Bertz CT molecular complexity index is 193. The lowest BCUT2D eigenvalue weighted by atomic mass is 9.95. The molecule has 102 valence electrons. The van der Waals surface area contributed by atoms with Gasteiger partial charge in [0, 0.05) is 5.54 Å². The Morgan fingerprint density at radius 3 is 2.41 bits per heavy atom. The van der Waals surface area contributed by atoms with Crippen LogP contribution in [0.2, 0.25) is 0 Å². The third-order valence-corrected chi connectivity index (χ3v) is 4.15. The highest BCUT2D eigenvalue weighted by Crippen LogP contribution is 2.17. The average Bonchev–Trinajstić information content (AvgIpc) is 2.27. The van der Waals surface area contributed by atoms with Crippen LogP contribution in [0.5, 0.6) is 0 Å². The molecule has 1 fully saturated rings. The maximum absolute atomic E-state index is 3.64. The van der Waals surface area contributed by atoms with Crippen LogP contribution in [0.3, 0.4) is 0 Å². The summed E-state index contributed by atoms with van der Waals surface area (Å²) in [6.45, 7) is 11.9. The van der Waals surface area contributed by atoms with E-state index in [4.69, 9.17) is 0 Å². The van der Waals surface area contributed by atoms with Gasteiger partial charge in [-0.2, -0.15) is 11.8 Å². The van der Waals surface area contributed by atoms with Crippen LogP contribution >= 0.6 is 11.8 Å². The van der Waals surface area contributed by atoms with Crippen molar-refractivity contribution in [3.8, 4) is 0 Å². The van der Waals surface area contributed by atoms with E-state index in [-0.39, 0.29) is 5.54 Å². The number of nitrogens with zero attached hydrogens (tertiary/aromatic N) is 1. The summed E-state index contributed by atoms with van der Waals surface area (Å²) in [6, 6.07) is 0. The first-order valence-electron chi connectivity index (χ1n) is 6.97. The quantitative estimate of drug-likeness (QED) is 0.738. The molecule has 0 aromatic carbocycles. The predicted molar refractivity (Wildman–Crippen MR) is 79.9 cm³/mol. The number of hydrogen-bond acceptors (Lipinski definition) is 3. The molecule has 1 N–H and O–H groups in total. The molecule has 0 atom stereocenters. The second-order valence-corrected chi connectivity index (χ2v) is 7.25. The summed E-state index contributed by atoms with van der Waals surface area (Å²) < 4.78 is 0. The molecule has 0 aliphatic carbocycles. The second-order valence-electron chi connectivity index (χ2n) is 6.26. The van der Waals surface area contributed by atoms with Crippen molar-refractivity contribution in [3.05, 3.63) is 0 Å². The topological polar surface area (TPSA) is 15.3 Å². The van der Waals surface area contributed by atoms with Crippen LogP contribution in [0.4, 0.5) is 0 Å². The molecule has 0 unspecified atom stereocenters. The van der Waals surface area contributed by atoms with Crippen molar-refractivity contribution in [1.29, 1.82) is 0 Å². The summed E-state index contributed by atoms with van der Waals surface area (Å²) in [4.78, 5) is 2.64. The number of nitrogens with one attached hydrogen (secondary N) is 1. The lowest BCUT2D eigenvalue weighted by Gasteiger charge is -2.33. The van der Waals surface area contributed by atoms with Crippen LogP contribution in [-0.2, 0) is 0 Å². The second kappa shape index (κ2) is 7.65. The number of piperidine rings is 1. The lowest BCUT2D eigenvalue weighted by Crippen LogP contribution is -2.43. The van der Waals surface area contributed by atoms with Gasteiger partial charge in [-0.1, -0.05) is 0 Å². The zero-order chi connectivity index (χ0) is 12.7. The highest BCUT2D eigenvalue weighted by atomic mass is 32.2. The Balaban J connectivity index is 2.09. The fourth-order valence-corrected chi connectivity index (χ4v) is 2.71. The molecule has 0 amide bonds. The average molecular weight is 258 g/mol. The van der Waals surface area contributed by atoms with Crippen LogP contribution in [0, 0.1) is 5.92 Å². The first-order valence-corrected chi connectivity index (χ1v) is 8.37. The molecule has 0 spiro atoms. The van der Waals surface area contributed by atoms with Crippen LogP contribution in [0.1, 0.15) is 40.0 Å². The maximum Gasteiger partial charge on any atom is 0.00966 e. The minimum Gasteiger partial charge on any atom is -0.312 e. The van der Waals surface area contributed by atoms with E-state index in [9.17, 15) is 0 Å². The third kappa shape index (κ3) is 7.32. The minimum absolute atomic E-state index is 0.273. The van der Waals surface area contributed by atoms with Gasteiger partial charge in [-0.15, -0.1) is 0 Å². The molecule has 0 radical (unpaired) electrons. The van der Waals surface area contributed by atoms with E-state index in [2.05, 4.69) is 37.2 Å². The van der Waals surface area contributed by atoms with Gasteiger partial charge < -0.3 is 10.2 Å². The molecule has 0 aromatic heterocycles. The van der Waals surface area contributed by atoms with E-state index in [0.29, 0.717) is 0 Å². The summed E-state index contributed by atoms with van der Waals surface area (Å²) in [5.74, 6) is 2.21.